The Hall–Kier alpha value is -1.10. The highest BCUT2D eigenvalue weighted by Crippen LogP contribution is 2.31. The van der Waals surface area contributed by atoms with E-state index in [1.54, 1.807) is 11.3 Å². The second-order valence-electron chi connectivity index (χ2n) is 4.16. The molecule has 1 aliphatic rings. The lowest BCUT2D eigenvalue weighted by Crippen LogP contribution is -2.16. The molecule has 3 rings (SSSR count). The number of halogens is 1. The van der Waals surface area contributed by atoms with Crippen molar-refractivity contribution in [3.8, 4) is 0 Å². The minimum atomic E-state index is 0.674. The third-order valence-electron chi connectivity index (χ3n) is 2.89. The number of anilines is 1. The maximum absolute atomic E-state index is 6.15. The molecule has 0 bridgehead atoms. The number of hydrogen-bond acceptors (Lipinski definition) is 4. The average Bonchev–Trinajstić information content (AvgIpc) is 2.78. The van der Waals surface area contributed by atoms with Gasteiger partial charge < -0.3 is 5.73 Å². The number of nitrogens with two attached hydrogens (primary N) is 1. The fourth-order valence-electron chi connectivity index (χ4n) is 2.10. The number of rotatable bonds is 2. The summed E-state index contributed by atoms with van der Waals surface area (Å²) in [5, 5.41) is 1.50. The lowest BCUT2D eigenvalue weighted by Gasteiger charge is -2.15. The highest BCUT2D eigenvalue weighted by atomic mass is 35.5. The molecule has 2 heterocycles. The molecule has 0 amide bonds. The maximum Gasteiger partial charge on any atom is 0.180 e. The highest BCUT2D eigenvalue weighted by Gasteiger charge is 2.23. The summed E-state index contributed by atoms with van der Waals surface area (Å²) in [5.74, 6) is 0. The number of fused-ring (bicyclic) bond motifs is 1. The molecular weight excluding hydrogens is 254 g/mol. The molecule has 2 N–H and O–H groups in total. The molecule has 17 heavy (non-hydrogen) atoms. The van der Waals surface area contributed by atoms with Gasteiger partial charge in [-0.25, -0.2) is 4.98 Å². The van der Waals surface area contributed by atoms with Crippen LogP contribution < -0.4 is 5.73 Å². The first kappa shape index (κ1) is 11.0. The minimum absolute atomic E-state index is 0.674. The summed E-state index contributed by atoms with van der Waals surface area (Å²) in [6, 6.07) is 7.97. The van der Waals surface area contributed by atoms with Crippen LogP contribution in [0.3, 0.4) is 0 Å². The van der Waals surface area contributed by atoms with Gasteiger partial charge in [0.2, 0.25) is 0 Å². The Kier molecular flexibility index (Phi) is 2.78. The van der Waals surface area contributed by atoms with E-state index in [1.165, 1.54) is 4.88 Å². The molecule has 2 aromatic rings. The van der Waals surface area contributed by atoms with Crippen molar-refractivity contribution in [3.63, 3.8) is 0 Å². The molecule has 0 atom stereocenters. The van der Waals surface area contributed by atoms with Crippen LogP contribution in [0.4, 0.5) is 5.13 Å². The van der Waals surface area contributed by atoms with Crippen LogP contribution in [0.2, 0.25) is 5.02 Å². The molecule has 1 aliphatic heterocycles. The van der Waals surface area contributed by atoms with Crippen LogP contribution in [0.15, 0.2) is 24.3 Å². The highest BCUT2D eigenvalue weighted by molar-refractivity contribution is 7.15. The third kappa shape index (κ3) is 2.16. The van der Waals surface area contributed by atoms with Gasteiger partial charge in [-0.1, -0.05) is 29.8 Å². The van der Waals surface area contributed by atoms with E-state index in [-0.39, 0.29) is 0 Å². The zero-order valence-corrected chi connectivity index (χ0v) is 10.8. The zero-order chi connectivity index (χ0) is 11.8. The smallest absolute Gasteiger partial charge is 0.180 e. The molecule has 5 heteroatoms. The molecule has 0 spiro atoms. The summed E-state index contributed by atoms with van der Waals surface area (Å²) in [5.41, 5.74) is 7.97. The Morgan fingerprint density at radius 3 is 2.94 bits per heavy atom. The van der Waals surface area contributed by atoms with Crippen molar-refractivity contribution < 1.29 is 0 Å². The number of nitrogen functional groups attached to an aromatic ring is 1. The lowest BCUT2D eigenvalue weighted by molar-refractivity contribution is 0.275. The Morgan fingerprint density at radius 2 is 2.18 bits per heavy atom. The van der Waals surface area contributed by atoms with E-state index in [2.05, 4.69) is 16.0 Å². The predicted molar refractivity (Wildman–Crippen MR) is 70.9 cm³/mol. The van der Waals surface area contributed by atoms with Crippen LogP contribution >= 0.6 is 22.9 Å². The monoisotopic (exact) mass is 265 g/mol. The lowest BCUT2D eigenvalue weighted by atomic mass is 10.2. The van der Waals surface area contributed by atoms with Crippen molar-refractivity contribution in [2.24, 2.45) is 0 Å². The third-order valence-corrected chi connectivity index (χ3v) is 4.17. The molecule has 1 aromatic heterocycles. The van der Waals surface area contributed by atoms with E-state index in [0.29, 0.717) is 5.13 Å². The summed E-state index contributed by atoms with van der Waals surface area (Å²) in [4.78, 5) is 7.94. The van der Waals surface area contributed by atoms with Crippen molar-refractivity contribution >= 4 is 28.1 Å². The number of benzene rings is 1. The van der Waals surface area contributed by atoms with Gasteiger partial charge >= 0.3 is 0 Å². The quantitative estimate of drug-likeness (QED) is 0.908. The molecule has 88 valence electrons. The van der Waals surface area contributed by atoms with Crippen molar-refractivity contribution in [2.75, 3.05) is 5.73 Å². The van der Waals surface area contributed by atoms with Crippen LogP contribution in [0.5, 0.6) is 0 Å². The van der Waals surface area contributed by atoms with Gasteiger partial charge in [0.25, 0.3) is 0 Å². The van der Waals surface area contributed by atoms with E-state index >= 15 is 0 Å². The van der Waals surface area contributed by atoms with Crippen LogP contribution in [-0.2, 0) is 19.6 Å². The molecule has 0 saturated carbocycles. The van der Waals surface area contributed by atoms with E-state index in [9.17, 15) is 0 Å². The minimum Gasteiger partial charge on any atom is -0.375 e. The van der Waals surface area contributed by atoms with E-state index < -0.39 is 0 Å². The molecule has 0 saturated heterocycles. The predicted octanol–water partition coefficient (Wildman–Crippen LogP) is 2.89. The largest absolute Gasteiger partial charge is 0.375 e. The van der Waals surface area contributed by atoms with Crippen LogP contribution in [0.25, 0.3) is 0 Å². The molecule has 0 radical (unpaired) electrons. The van der Waals surface area contributed by atoms with E-state index in [1.807, 2.05) is 18.2 Å². The van der Waals surface area contributed by atoms with Gasteiger partial charge in [0.15, 0.2) is 5.13 Å². The average molecular weight is 266 g/mol. The summed E-state index contributed by atoms with van der Waals surface area (Å²) < 4.78 is 0. The maximum atomic E-state index is 6.15. The normalized spacial score (nSPS) is 15.1. The summed E-state index contributed by atoms with van der Waals surface area (Å²) in [6.45, 7) is 2.66. The first-order chi connectivity index (χ1) is 8.22. The first-order valence-electron chi connectivity index (χ1n) is 5.42. The Balaban J connectivity index is 1.74. The van der Waals surface area contributed by atoms with Gasteiger partial charge in [0.1, 0.15) is 0 Å². The number of thiazole rings is 1. The van der Waals surface area contributed by atoms with Crippen molar-refractivity contribution in [2.45, 2.75) is 19.6 Å². The van der Waals surface area contributed by atoms with Gasteiger partial charge in [-0.3, -0.25) is 4.90 Å². The molecule has 0 fully saturated rings. The Labute approximate surface area is 109 Å². The van der Waals surface area contributed by atoms with Crippen LogP contribution in [0.1, 0.15) is 16.1 Å². The van der Waals surface area contributed by atoms with Gasteiger partial charge in [-0.05, 0) is 11.6 Å². The van der Waals surface area contributed by atoms with Crippen LogP contribution in [0, 0.1) is 0 Å². The summed E-state index contributed by atoms with van der Waals surface area (Å²) in [6.07, 6.45) is 0. The standard InChI is InChI=1S/C12H12ClN3S/c13-9-4-2-1-3-8(9)5-16-6-10-11(7-16)17-12(14)15-10/h1-4H,5-7H2,(H2,14,15). The number of nitrogens with zero attached hydrogens (tertiary/aromatic N) is 2. The second kappa shape index (κ2) is 4.29. The van der Waals surface area contributed by atoms with E-state index in [4.69, 9.17) is 17.3 Å². The van der Waals surface area contributed by atoms with Gasteiger partial charge in [-0.15, -0.1) is 11.3 Å². The topological polar surface area (TPSA) is 42.1 Å². The van der Waals surface area contributed by atoms with Crippen molar-refractivity contribution in [1.29, 1.82) is 0 Å². The molecular formula is C12H12ClN3S. The fourth-order valence-corrected chi connectivity index (χ4v) is 3.18. The molecule has 0 unspecified atom stereocenters. The Morgan fingerprint density at radius 1 is 1.35 bits per heavy atom. The molecule has 3 nitrogen and oxygen atoms in total. The van der Waals surface area contributed by atoms with E-state index in [0.717, 1.165) is 35.9 Å². The SMILES string of the molecule is Nc1nc2c(s1)CN(Cc1ccccc1Cl)C2. The van der Waals surface area contributed by atoms with Crippen molar-refractivity contribution in [1.82, 2.24) is 9.88 Å². The number of hydrogen-bond donors (Lipinski definition) is 1. The summed E-state index contributed by atoms with van der Waals surface area (Å²) >= 11 is 7.74. The van der Waals surface area contributed by atoms with Gasteiger partial charge in [-0.2, -0.15) is 0 Å². The first-order valence-corrected chi connectivity index (χ1v) is 6.61. The summed E-state index contributed by atoms with van der Waals surface area (Å²) in [7, 11) is 0. The second-order valence-corrected chi connectivity index (χ2v) is 5.68. The van der Waals surface area contributed by atoms with Crippen molar-refractivity contribution in [3.05, 3.63) is 45.4 Å². The molecule has 1 aromatic carbocycles. The van der Waals surface area contributed by atoms with Gasteiger partial charge in [0.05, 0.1) is 5.69 Å². The fraction of sp³-hybridized carbons (Fsp3) is 0.250. The van der Waals surface area contributed by atoms with Crippen LogP contribution in [-0.4, -0.2) is 9.88 Å². The zero-order valence-electron chi connectivity index (χ0n) is 9.19. The molecule has 0 aliphatic carbocycles. The van der Waals surface area contributed by atoms with Gasteiger partial charge in [0, 0.05) is 29.5 Å². The Bertz CT molecular complexity index is 529. The number of aromatic nitrogens is 1.